The molecule has 0 aromatic heterocycles. The summed E-state index contributed by atoms with van der Waals surface area (Å²) < 4.78 is 83.2. The summed E-state index contributed by atoms with van der Waals surface area (Å²) in [5.74, 6) is -0.484. The van der Waals surface area contributed by atoms with Crippen molar-refractivity contribution in [3.8, 4) is 5.75 Å². The molecule has 12 heteroatoms. The van der Waals surface area contributed by atoms with Gasteiger partial charge in [0.25, 0.3) is 4.98 Å². The van der Waals surface area contributed by atoms with Gasteiger partial charge < -0.3 is 4.74 Å². The van der Waals surface area contributed by atoms with E-state index in [9.17, 15) is 31.2 Å². The van der Waals surface area contributed by atoms with Crippen molar-refractivity contribution in [3.63, 3.8) is 0 Å². The van der Waals surface area contributed by atoms with Crippen molar-refractivity contribution >= 4 is 0 Å². The fourth-order valence-corrected chi connectivity index (χ4v) is 2.91. The molecule has 0 unspecified atom stereocenters. The number of rotatable bonds is 6. The Morgan fingerprint density at radius 2 is 1.35 bits per heavy atom. The van der Waals surface area contributed by atoms with Gasteiger partial charge in [-0.1, -0.05) is 0 Å². The molecule has 2 rings (SSSR count). The second-order valence-corrected chi connectivity index (χ2v) is 8.43. The van der Waals surface area contributed by atoms with Crippen LogP contribution in [0, 0.1) is 4.91 Å². The quantitative estimate of drug-likeness (QED) is 0.357. The maximum absolute atomic E-state index is 13.0. The smallest absolute Gasteiger partial charge is 0.416 e. The lowest BCUT2D eigenvalue weighted by molar-refractivity contribution is -0.797. The average molecular weight is 458 g/mol. The summed E-state index contributed by atoms with van der Waals surface area (Å²) in [6.07, 6.45) is -9.26. The van der Waals surface area contributed by atoms with E-state index in [0.29, 0.717) is 42.8 Å². The first-order valence-corrected chi connectivity index (χ1v) is 9.66. The van der Waals surface area contributed by atoms with Crippen molar-refractivity contribution < 1.29 is 40.9 Å². The predicted molar refractivity (Wildman–Crippen MR) is 98.5 cm³/mol. The first kappa shape index (κ1) is 25.0. The fourth-order valence-electron chi connectivity index (χ4n) is 2.91. The molecule has 1 aliphatic carbocycles. The van der Waals surface area contributed by atoms with E-state index in [1.807, 2.05) is 20.8 Å². The molecule has 0 saturated heterocycles. The second-order valence-electron chi connectivity index (χ2n) is 8.43. The van der Waals surface area contributed by atoms with Gasteiger partial charge in [-0.2, -0.15) is 26.3 Å². The van der Waals surface area contributed by atoms with Gasteiger partial charge in [0.2, 0.25) is 0 Å². The van der Waals surface area contributed by atoms with Crippen LogP contribution in [0.1, 0.15) is 57.6 Å². The van der Waals surface area contributed by atoms with Crippen molar-refractivity contribution in [3.05, 3.63) is 34.2 Å². The van der Waals surface area contributed by atoms with Gasteiger partial charge in [0.05, 0.1) is 40.8 Å². The van der Waals surface area contributed by atoms with Crippen molar-refractivity contribution in [2.45, 2.75) is 76.6 Å². The van der Waals surface area contributed by atoms with Crippen LogP contribution in [0.2, 0.25) is 0 Å². The molecule has 0 radical (unpaired) electrons. The summed E-state index contributed by atoms with van der Waals surface area (Å²) in [6.45, 7) is 5.50. The Balaban J connectivity index is 1.95. The van der Waals surface area contributed by atoms with Crippen molar-refractivity contribution in [2.24, 2.45) is 0 Å². The highest BCUT2D eigenvalue weighted by atomic mass is 19.4. The van der Waals surface area contributed by atoms with E-state index in [2.05, 4.69) is 5.59 Å². The minimum absolute atomic E-state index is 0.0621. The Bertz CT molecular complexity index is 736. The molecule has 0 spiro atoms. The summed E-state index contributed by atoms with van der Waals surface area (Å²) in [4.78, 5) is 17.8. The van der Waals surface area contributed by atoms with E-state index in [0.717, 1.165) is 0 Å². The largest absolute Gasteiger partial charge is 0.490 e. The van der Waals surface area contributed by atoms with Gasteiger partial charge >= 0.3 is 12.4 Å². The van der Waals surface area contributed by atoms with E-state index >= 15 is 0 Å². The molecule has 0 aliphatic heterocycles. The molecular formula is C19H26F6N3O3+. The first-order chi connectivity index (χ1) is 14.1. The zero-order valence-electron chi connectivity index (χ0n) is 17.6. The minimum Gasteiger partial charge on any atom is -0.490 e. The Kier molecular flexibility index (Phi) is 7.34. The zero-order valence-corrected chi connectivity index (χ0v) is 17.6. The molecule has 0 bridgehead atoms. The molecule has 1 fully saturated rings. The van der Waals surface area contributed by atoms with Crippen molar-refractivity contribution in [2.75, 3.05) is 7.05 Å². The molecule has 0 amide bonds. The summed E-state index contributed by atoms with van der Waals surface area (Å²) in [5, 5.41) is 1.38. The van der Waals surface area contributed by atoms with Crippen LogP contribution in [0.4, 0.5) is 26.3 Å². The standard InChI is InChI=1S/C19H26F6N3O3/c1-17(2,3)27(4)28(29)26-31-15-7-5-14(6-8-15)30-16-10-12(18(20,21)22)9-13(11-16)19(23,24)25/h9-11,14-15H,5-8H2,1-4H3,(H,26,29)/q+1. The highest BCUT2D eigenvalue weighted by Crippen LogP contribution is 2.39. The molecule has 1 N–H and O–H groups in total. The summed E-state index contributed by atoms with van der Waals surface area (Å²) in [6, 6.07) is 1.20. The Morgan fingerprint density at radius 3 is 1.77 bits per heavy atom. The van der Waals surface area contributed by atoms with E-state index in [4.69, 9.17) is 9.57 Å². The van der Waals surface area contributed by atoms with Crippen LogP contribution < -0.4 is 10.3 Å². The van der Waals surface area contributed by atoms with Crippen molar-refractivity contribution in [1.82, 2.24) is 10.6 Å². The molecule has 0 atom stereocenters. The predicted octanol–water partition coefficient (Wildman–Crippen LogP) is 5.27. The lowest BCUT2D eigenvalue weighted by Gasteiger charge is -2.28. The zero-order chi connectivity index (χ0) is 23.6. The third-order valence-electron chi connectivity index (χ3n) is 5.03. The number of ether oxygens (including phenoxy) is 1. The molecule has 1 aliphatic rings. The number of halogens is 6. The number of benzene rings is 1. The van der Waals surface area contributed by atoms with Crippen LogP contribution >= 0.6 is 0 Å². The van der Waals surface area contributed by atoms with Crippen molar-refractivity contribution in [1.29, 1.82) is 0 Å². The van der Waals surface area contributed by atoms with Gasteiger partial charge in [-0.05, 0) is 64.7 Å². The molecule has 1 aromatic carbocycles. The van der Waals surface area contributed by atoms with Gasteiger partial charge in [-0.3, -0.25) is 0 Å². The van der Waals surface area contributed by atoms with Crippen LogP contribution in [0.3, 0.4) is 0 Å². The molecule has 1 saturated carbocycles. The topological polar surface area (TPSA) is 53.8 Å². The third kappa shape index (κ3) is 7.15. The molecule has 1 aromatic rings. The van der Waals surface area contributed by atoms with Crippen LogP contribution in [-0.2, 0) is 17.2 Å². The number of nitrogens with one attached hydrogen (secondary N) is 1. The van der Waals surface area contributed by atoms with Crippen LogP contribution in [-0.4, -0.2) is 34.8 Å². The summed E-state index contributed by atoms with van der Waals surface area (Å²) in [5.41, 5.74) is -0.995. The van der Waals surface area contributed by atoms with Crippen LogP contribution in [0.5, 0.6) is 5.75 Å². The number of alkyl halides is 6. The number of hydrogen-bond donors (Lipinski definition) is 1. The lowest BCUT2D eigenvalue weighted by Crippen LogP contribution is -2.50. The molecule has 0 heterocycles. The lowest BCUT2D eigenvalue weighted by atomic mass is 9.95. The number of hydrazine groups is 2. The van der Waals surface area contributed by atoms with E-state index in [-0.39, 0.29) is 12.2 Å². The first-order valence-electron chi connectivity index (χ1n) is 9.66. The second kappa shape index (κ2) is 9.09. The van der Waals surface area contributed by atoms with E-state index in [1.54, 1.807) is 7.05 Å². The highest BCUT2D eigenvalue weighted by Gasteiger charge is 2.38. The van der Waals surface area contributed by atoms with Gasteiger partial charge in [0.1, 0.15) is 5.75 Å². The maximum Gasteiger partial charge on any atom is 0.416 e. The van der Waals surface area contributed by atoms with E-state index in [1.165, 1.54) is 5.01 Å². The highest BCUT2D eigenvalue weighted by molar-refractivity contribution is 5.37. The molecular weight excluding hydrogens is 432 g/mol. The number of nitroso groups, excluding NO2 is 1. The summed E-state index contributed by atoms with van der Waals surface area (Å²) >= 11 is 0. The minimum atomic E-state index is -4.93. The van der Waals surface area contributed by atoms with Gasteiger partial charge in [-0.15, -0.1) is 5.01 Å². The number of hydrogen-bond acceptors (Lipinski definition) is 3. The Hall–Kier alpha value is -2.24. The Labute approximate surface area is 175 Å². The normalized spacial score (nSPS) is 20.3. The number of nitrogens with zero attached hydrogens (tertiary/aromatic N) is 2. The molecule has 176 valence electrons. The fraction of sp³-hybridized carbons (Fsp3) is 0.684. The average Bonchev–Trinajstić information content (AvgIpc) is 2.64. The van der Waals surface area contributed by atoms with Gasteiger partial charge in [0, 0.05) is 5.59 Å². The van der Waals surface area contributed by atoms with Gasteiger partial charge in [-0.25, -0.2) is 4.84 Å². The monoisotopic (exact) mass is 458 g/mol. The Morgan fingerprint density at radius 1 is 0.903 bits per heavy atom. The molecule has 31 heavy (non-hydrogen) atoms. The maximum atomic E-state index is 13.0. The van der Waals surface area contributed by atoms with Gasteiger partial charge in [0.15, 0.2) is 0 Å². The van der Waals surface area contributed by atoms with E-state index < -0.39 is 40.9 Å². The summed E-state index contributed by atoms with van der Waals surface area (Å²) in [7, 11) is 1.58. The molecule has 6 nitrogen and oxygen atoms in total. The SMILES string of the molecule is CN([N+](=O)NOC1CCC(Oc2cc(C(F)(F)F)cc(C(F)(F)F)c2)CC1)C(C)(C)C. The third-order valence-corrected chi connectivity index (χ3v) is 5.03. The van der Waals surface area contributed by atoms with Crippen LogP contribution in [0.25, 0.3) is 0 Å². The van der Waals surface area contributed by atoms with Crippen LogP contribution in [0.15, 0.2) is 18.2 Å².